The molecule has 1 saturated carbocycles. The van der Waals surface area contributed by atoms with E-state index in [0.29, 0.717) is 12.8 Å². The molecule has 0 saturated heterocycles. The fourth-order valence-corrected chi connectivity index (χ4v) is 2.42. The molecule has 5 heteroatoms. The highest BCUT2D eigenvalue weighted by molar-refractivity contribution is 5.95. The van der Waals surface area contributed by atoms with E-state index < -0.39 is 17.9 Å². The first-order chi connectivity index (χ1) is 8.60. The van der Waals surface area contributed by atoms with Crippen LogP contribution < -0.4 is 0 Å². The van der Waals surface area contributed by atoms with E-state index in [1.807, 2.05) is 0 Å². The monoisotopic (exact) mass is 256 g/mol. The van der Waals surface area contributed by atoms with Gasteiger partial charge in [0.1, 0.15) is 5.78 Å². The highest BCUT2D eigenvalue weighted by Crippen LogP contribution is 2.28. The standard InChI is InChI=1S/C13H20O5/c1-17-12(15)11(13(16)18-2)9-6-4-3-5-7-10(14)8-9/h9,11H,3-8H2,1-2H3. The zero-order chi connectivity index (χ0) is 13.5. The molecule has 0 spiro atoms. The minimum atomic E-state index is -0.970. The van der Waals surface area contributed by atoms with Crippen molar-refractivity contribution in [1.82, 2.24) is 0 Å². The quantitative estimate of drug-likeness (QED) is 0.565. The molecule has 18 heavy (non-hydrogen) atoms. The van der Waals surface area contributed by atoms with Crippen molar-refractivity contribution in [2.24, 2.45) is 11.8 Å². The van der Waals surface area contributed by atoms with Crippen LogP contribution in [0.2, 0.25) is 0 Å². The predicted molar refractivity (Wildman–Crippen MR) is 63.7 cm³/mol. The van der Waals surface area contributed by atoms with Gasteiger partial charge in [-0.2, -0.15) is 0 Å². The predicted octanol–water partition coefficient (Wildman–Crippen LogP) is 1.49. The highest BCUT2D eigenvalue weighted by atomic mass is 16.5. The van der Waals surface area contributed by atoms with Gasteiger partial charge in [0.2, 0.25) is 0 Å². The summed E-state index contributed by atoms with van der Waals surface area (Å²) in [5.74, 6) is -2.38. The van der Waals surface area contributed by atoms with Crippen LogP contribution in [-0.2, 0) is 23.9 Å². The lowest BCUT2D eigenvalue weighted by atomic mass is 9.81. The van der Waals surface area contributed by atoms with Gasteiger partial charge in [-0.3, -0.25) is 14.4 Å². The minimum Gasteiger partial charge on any atom is -0.468 e. The van der Waals surface area contributed by atoms with Crippen molar-refractivity contribution in [3.63, 3.8) is 0 Å². The number of carbonyl (C=O) groups excluding carboxylic acids is 3. The van der Waals surface area contributed by atoms with E-state index in [1.165, 1.54) is 14.2 Å². The summed E-state index contributed by atoms with van der Waals surface area (Å²) in [6, 6.07) is 0. The van der Waals surface area contributed by atoms with Crippen molar-refractivity contribution < 1.29 is 23.9 Å². The number of hydrogen-bond donors (Lipinski definition) is 0. The van der Waals surface area contributed by atoms with Crippen molar-refractivity contribution in [2.45, 2.75) is 38.5 Å². The summed E-state index contributed by atoms with van der Waals surface area (Å²) in [5.41, 5.74) is 0. The van der Waals surface area contributed by atoms with E-state index in [-0.39, 0.29) is 18.1 Å². The molecule has 1 unspecified atom stereocenters. The van der Waals surface area contributed by atoms with Crippen LogP contribution in [0.25, 0.3) is 0 Å². The zero-order valence-electron chi connectivity index (χ0n) is 10.9. The number of methoxy groups -OCH3 is 2. The van der Waals surface area contributed by atoms with Gasteiger partial charge in [-0.15, -0.1) is 0 Å². The average Bonchev–Trinajstić information content (AvgIpc) is 2.34. The second kappa shape index (κ2) is 7.13. The molecule has 0 heterocycles. The van der Waals surface area contributed by atoms with Gasteiger partial charge in [0.25, 0.3) is 0 Å². The lowest BCUT2D eigenvalue weighted by Crippen LogP contribution is -2.35. The summed E-state index contributed by atoms with van der Waals surface area (Å²) in [6.45, 7) is 0. The van der Waals surface area contributed by atoms with Gasteiger partial charge in [-0.25, -0.2) is 0 Å². The molecule has 0 bridgehead atoms. The number of esters is 2. The number of ether oxygens (including phenoxy) is 2. The average molecular weight is 256 g/mol. The summed E-state index contributed by atoms with van der Waals surface area (Å²) in [6.07, 6.45) is 4.24. The molecule has 0 aromatic rings. The van der Waals surface area contributed by atoms with Crippen LogP contribution in [0.15, 0.2) is 0 Å². The smallest absolute Gasteiger partial charge is 0.320 e. The first kappa shape index (κ1) is 14.7. The largest absolute Gasteiger partial charge is 0.468 e. The summed E-state index contributed by atoms with van der Waals surface area (Å²) in [4.78, 5) is 35.0. The Kier molecular flexibility index (Phi) is 5.82. The van der Waals surface area contributed by atoms with Crippen LogP contribution in [0.4, 0.5) is 0 Å². The molecule has 0 aromatic carbocycles. The Hall–Kier alpha value is -1.39. The summed E-state index contributed by atoms with van der Waals surface area (Å²) < 4.78 is 9.29. The normalized spacial score (nSPS) is 21.1. The maximum atomic E-state index is 11.7. The Balaban J connectivity index is 2.83. The molecule has 5 nitrogen and oxygen atoms in total. The molecule has 1 fully saturated rings. The molecule has 1 atom stereocenters. The van der Waals surface area contributed by atoms with Gasteiger partial charge < -0.3 is 9.47 Å². The molecule has 0 N–H and O–H groups in total. The van der Waals surface area contributed by atoms with Gasteiger partial charge >= 0.3 is 11.9 Å². The first-order valence-corrected chi connectivity index (χ1v) is 6.27. The van der Waals surface area contributed by atoms with E-state index in [2.05, 4.69) is 9.47 Å². The van der Waals surface area contributed by atoms with Gasteiger partial charge in [0.15, 0.2) is 5.92 Å². The lowest BCUT2D eigenvalue weighted by molar-refractivity contribution is -0.162. The van der Waals surface area contributed by atoms with Crippen LogP contribution >= 0.6 is 0 Å². The van der Waals surface area contributed by atoms with Crippen LogP contribution in [0, 0.1) is 11.8 Å². The fourth-order valence-electron chi connectivity index (χ4n) is 2.42. The molecular weight excluding hydrogens is 236 g/mol. The molecule has 1 aliphatic rings. The second-order valence-corrected chi connectivity index (χ2v) is 4.63. The number of carbonyl (C=O) groups is 3. The van der Waals surface area contributed by atoms with E-state index >= 15 is 0 Å². The molecule has 0 aliphatic heterocycles. The first-order valence-electron chi connectivity index (χ1n) is 6.27. The Morgan fingerprint density at radius 1 is 1.11 bits per heavy atom. The van der Waals surface area contributed by atoms with Crippen LogP contribution in [-0.4, -0.2) is 31.9 Å². The van der Waals surface area contributed by atoms with E-state index in [0.717, 1.165) is 19.3 Å². The molecule has 0 amide bonds. The van der Waals surface area contributed by atoms with Crippen molar-refractivity contribution >= 4 is 17.7 Å². The third-order valence-corrected chi connectivity index (χ3v) is 3.40. The molecule has 102 valence electrons. The van der Waals surface area contributed by atoms with Crippen LogP contribution in [0.5, 0.6) is 0 Å². The lowest BCUT2D eigenvalue weighted by Gasteiger charge is -2.24. The third kappa shape index (κ3) is 3.82. The molecule has 0 aromatic heterocycles. The number of ketones is 1. The number of hydrogen-bond acceptors (Lipinski definition) is 5. The molecule has 1 aliphatic carbocycles. The van der Waals surface area contributed by atoms with Gasteiger partial charge in [-0.05, 0) is 18.8 Å². The van der Waals surface area contributed by atoms with E-state index in [4.69, 9.17) is 0 Å². The SMILES string of the molecule is COC(=O)C(C(=O)OC)C1CCCCCC(=O)C1. The maximum absolute atomic E-state index is 11.7. The fraction of sp³-hybridized carbons (Fsp3) is 0.769. The van der Waals surface area contributed by atoms with Gasteiger partial charge in [0, 0.05) is 12.8 Å². The van der Waals surface area contributed by atoms with E-state index in [1.54, 1.807) is 0 Å². The Morgan fingerprint density at radius 2 is 1.72 bits per heavy atom. The Bertz CT molecular complexity index is 307. The topological polar surface area (TPSA) is 69.7 Å². The number of Topliss-reactive ketones (excluding diaryl/α,β-unsaturated/α-hetero) is 1. The summed E-state index contributed by atoms with van der Waals surface area (Å²) in [7, 11) is 2.48. The van der Waals surface area contributed by atoms with Crippen LogP contribution in [0.1, 0.15) is 38.5 Å². The molecule has 1 rings (SSSR count). The van der Waals surface area contributed by atoms with Gasteiger partial charge in [-0.1, -0.05) is 12.8 Å². The Morgan fingerprint density at radius 3 is 2.28 bits per heavy atom. The van der Waals surface area contributed by atoms with Crippen molar-refractivity contribution in [2.75, 3.05) is 14.2 Å². The maximum Gasteiger partial charge on any atom is 0.320 e. The number of rotatable bonds is 3. The molecule has 0 radical (unpaired) electrons. The van der Waals surface area contributed by atoms with Crippen molar-refractivity contribution in [3.05, 3.63) is 0 Å². The Labute approximate surface area is 107 Å². The van der Waals surface area contributed by atoms with E-state index in [9.17, 15) is 14.4 Å². The van der Waals surface area contributed by atoms with Crippen LogP contribution in [0.3, 0.4) is 0 Å². The zero-order valence-corrected chi connectivity index (χ0v) is 10.9. The third-order valence-electron chi connectivity index (χ3n) is 3.40. The van der Waals surface area contributed by atoms with Crippen molar-refractivity contribution in [3.8, 4) is 0 Å². The highest BCUT2D eigenvalue weighted by Gasteiger charge is 2.37. The van der Waals surface area contributed by atoms with Gasteiger partial charge in [0.05, 0.1) is 14.2 Å². The second-order valence-electron chi connectivity index (χ2n) is 4.63. The van der Waals surface area contributed by atoms with Crippen molar-refractivity contribution in [1.29, 1.82) is 0 Å². The summed E-state index contributed by atoms with van der Waals surface area (Å²) >= 11 is 0. The summed E-state index contributed by atoms with van der Waals surface area (Å²) in [5, 5.41) is 0. The molecular formula is C13H20O5. The minimum absolute atomic E-state index is 0.109.